The highest BCUT2D eigenvalue weighted by atomic mass is 32.2. The highest BCUT2D eigenvalue weighted by Gasteiger charge is 2.27. The fourth-order valence-corrected chi connectivity index (χ4v) is 5.63. The third-order valence-corrected chi connectivity index (χ3v) is 6.87. The standard InChI is InChI=1S/C17H27N5OS/c1-4-21-24(3,23)11-13-5-7-14(8-6-13)22(2)17-15-9-10-18-16(15)19-12-20-17/h9-10,12-14H,4-8,11H2,1-3H3,(H,18,19,20). The number of nitrogens with zero attached hydrogens (tertiary/aromatic N) is 4. The predicted molar refractivity (Wildman–Crippen MR) is 99.9 cm³/mol. The van der Waals surface area contributed by atoms with Crippen LogP contribution in [0.1, 0.15) is 32.6 Å². The van der Waals surface area contributed by atoms with Gasteiger partial charge in [0.2, 0.25) is 0 Å². The molecular formula is C17H27N5OS. The van der Waals surface area contributed by atoms with Crippen molar-refractivity contribution in [1.29, 1.82) is 0 Å². The molecule has 1 fully saturated rings. The number of hydrogen-bond acceptors (Lipinski definition) is 5. The van der Waals surface area contributed by atoms with Gasteiger partial charge >= 0.3 is 0 Å². The largest absolute Gasteiger partial charge is 0.356 e. The van der Waals surface area contributed by atoms with Crippen LogP contribution in [0.3, 0.4) is 0 Å². The molecule has 2 aromatic heterocycles. The molecule has 3 rings (SSSR count). The van der Waals surface area contributed by atoms with Crippen LogP contribution >= 0.6 is 0 Å². The molecule has 1 saturated carbocycles. The Morgan fingerprint density at radius 1 is 1.33 bits per heavy atom. The normalized spacial score (nSPS) is 23.8. The fourth-order valence-electron chi connectivity index (χ4n) is 3.77. The quantitative estimate of drug-likeness (QED) is 0.900. The van der Waals surface area contributed by atoms with Gasteiger partial charge in [-0.05, 0) is 44.6 Å². The number of aromatic nitrogens is 3. The Kier molecular flexibility index (Phi) is 5.08. The molecule has 1 N–H and O–H groups in total. The average Bonchev–Trinajstić information content (AvgIpc) is 3.03. The summed E-state index contributed by atoms with van der Waals surface area (Å²) in [5.41, 5.74) is 0.882. The molecular weight excluding hydrogens is 322 g/mol. The van der Waals surface area contributed by atoms with Crippen LogP contribution in [-0.4, -0.2) is 50.8 Å². The SMILES string of the molecule is CCN=S(C)(=O)CC1CCC(N(C)c2ncnc3[nH]ccc23)CC1. The second kappa shape index (κ2) is 7.09. The molecule has 1 aliphatic carbocycles. The third kappa shape index (κ3) is 3.71. The molecule has 6 nitrogen and oxygen atoms in total. The molecule has 0 spiro atoms. The summed E-state index contributed by atoms with van der Waals surface area (Å²) in [6.45, 7) is 2.60. The number of hydrogen-bond donors (Lipinski definition) is 1. The second-order valence-electron chi connectivity index (χ2n) is 6.79. The lowest BCUT2D eigenvalue weighted by molar-refractivity contribution is 0.342. The van der Waals surface area contributed by atoms with Crippen LogP contribution in [0.15, 0.2) is 23.0 Å². The predicted octanol–water partition coefficient (Wildman–Crippen LogP) is 3.07. The molecule has 0 aliphatic heterocycles. The Hall–Kier alpha value is -1.63. The Morgan fingerprint density at radius 3 is 2.79 bits per heavy atom. The molecule has 132 valence electrons. The summed E-state index contributed by atoms with van der Waals surface area (Å²) in [5.74, 6) is 2.26. The summed E-state index contributed by atoms with van der Waals surface area (Å²) in [5, 5.41) is 1.07. The summed E-state index contributed by atoms with van der Waals surface area (Å²) in [6, 6.07) is 2.51. The van der Waals surface area contributed by atoms with Gasteiger partial charge in [-0.3, -0.25) is 4.21 Å². The van der Waals surface area contributed by atoms with E-state index in [-0.39, 0.29) is 0 Å². The van der Waals surface area contributed by atoms with Crippen molar-refractivity contribution in [3.8, 4) is 0 Å². The molecule has 7 heteroatoms. The van der Waals surface area contributed by atoms with Crippen molar-refractivity contribution >= 4 is 26.6 Å². The molecule has 2 heterocycles. The fraction of sp³-hybridized carbons (Fsp3) is 0.647. The van der Waals surface area contributed by atoms with Gasteiger partial charge in [0.1, 0.15) is 17.8 Å². The van der Waals surface area contributed by atoms with Gasteiger partial charge in [-0.25, -0.2) is 14.3 Å². The Balaban J connectivity index is 1.65. The minimum atomic E-state index is -2.01. The van der Waals surface area contributed by atoms with Crippen LogP contribution in [0.4, 0.5) is 5.82 Å². The van der Waals surface area contributed by atoms with E-state index in [2.05, 4.69) is 31.3 Å². The molecule has 1 atom stereocenters. The van der Waals surface area contributed by atoms with Gasteiger partial charge in [0.15, 0.2) is 0 Å². The molecule has 0 amide bonds. The highest BCUT2D eigenvalue weighted by Crippen LogP contribution is 2.32. The monoisotopic (exact) mass is 349 g/mol. The van der Waals surface area contributed by atoms with Crippen molar-refractivity contribution < 1.29 is 4.21 Å². The molecule has 1 aliphatic rings. The number of anilines is 1. The van der Waals surface area contributed by atoms with E-state index < -0.39 is 9.73 Å². The van der Waals surface area contributed by atoms with Gasteiger partial charge in [-0.2, -0.15) is 0 Å². The summed E-state index contributed by atoms with van der Waals surface area (Å²) in [6.07, 6.45) is 9.77. The van der Waals surface area contributed by atoms with Gasteiger partial charge < -0.3 is 9.88 Å². The van der Waals surface area contributed by atoms with E-state index in [1.165, 1.54) is 0 Å². The smallest absolute Gasteiger partial charge is 0.142 e. The van der Waals surface area contributed by atoms with Crippen molar-refractivity contribution in [1.82, 2.24) is 15.0 Å². The van der Waals surface area contributed by atoms with Crippen molar-refractivity contribution in [3.63, 3.8) is 0 Å². The first kappa shape index (κ1) is 17.2. The number of nitrogens with one attached hydrogen (secondary N) is 1. The Morgan fingerprint density at radius 2 is 2.08 bits per heavy atom. The first-order valence-electron chi connectivity index (χ1n) is 8.66. The van der Waals surface area contributed by atoms with Crippen molar-refractivity contribution in [3.05, 3.63) is 18.6 Å². The zero-order valence-electron chi connectivity index (χ0n) is 14.7. The van der Waals surface area contributed by atoms with Crippen LogP contribution in [0.2, 0.25) is 0 Å². The summed E-state index contributed by atoms with van der Waals surface area (Å²) in [4.78, 5) is 14.2. The molecule has 24 heavy (non-hydrogen) atoms. The van der Waals surface area contributed by atoms with Crippen molar-refractivity contribution in [2.75, 3.05) is 30.5 Å². The van der Waals surface area contributed by atoms with Gasteiger partial charge in [-0.1, -0.05) is 0 Å². The van der Waals surface area contributed by atoms with Crippen molar-refractivity contribution in [2.24, 2.45) is 10.3 Å². The van der Waals surface area contributed by atoms with E-state index in [1.54, 1.807) is 12.6 Å². The van der Waals surface area contributed by atoms with E-state index in [1.807, 2.05) is 19.2 Å². The van der Waals surface area contributed by atoms with Gasteiger partial charge in [-0.15, -0.1) is 0 Å². The van der Waals surface area contributed by atoms with Gasteiger partial charge in [0, 0.05) is 47.6 Å². The Bertz CT molecular complexity index is 800. The maximum atomic E-state index is 12.4. The number of H-pyrrole nitrogens is 1. The van der Waals surface area contributed by atoms with Crippen LogP contribution in [-0.2, 0) is 9.73 Å². The van der Waals surface area contributed by atoms with E-state index >= 15 is 0 Å². The second-order valence-corrected chi connectivity index (χ2v) is 9.30. The van der Waals surface area contributed by atoms with Crippen LogP contribution in [0.5, 0.6) is 0 Å². The van der Waals surface area contributed by atoms with Gasteiger partial charge in [0.25, 0.3) is 0 Å². The molecule has 0 bridgehead atoms. The lowest BCUT2D eigenvalue weighted by Gasteiger charge is -2.35. The lowest BCUT2D eigenvalue weighted by atomic mass is 9.86. The maximum absolute atomic E-state index is 12.4. The first-order chi connectivity index (χ1) is 11.5. The molecule has 1 unspecified atom stereocenters. The minimum Gasteiger partial charge on any atom is -0.356 e. The number of rotatable bonds is 5. The topological polar surface area (TPSA) is 74.2 Å². The van der Waals surface area contributed by atoms with Gasteiger partial charge in [0.05, 0.1) is 5.39 Å². The van der Waals surface area contributed by atoms with Crippen LogP contribution in [0.25, 0.3) is 11.0 Å². The van der Waals surface area contributed by atoms with E-state index in [9.17, 15) is 4.21 Å². The molecule has 0 radical (unpaired) electrons. The lowest BCUT2D eigenvalue weighted by Crippen LogP contribution is -2.36. The van der Waals surface area contributed by atoms with E-state index in [0.717, 1.165) is 48.3 Å². The minimum absolute atomic E-state index is 0.477. The van der Waals surface area contributed by atoms with E-state index in [4.69, 9.17) is 0 Å². The molecule has 0 saturated heterocycles. The zero-order valence-corrected chi connectivity index (χ0v) is 15.6. The first-order valence-corrected chi connectivity index (χ1v) is 10.8. The molecule has 2 aromatic rings. The van der Waals surface area contributed by atoms with Crippen LogP contribution < -0.4 is 4.90 Å². The van der Waals surface area contributed by atoms with Crippen LogP contribution in [0, 0.1) is 5.92 Å². The summed E-state index contributed by atoms with van der Waals surface area (Å²) < 4.78 is 16.7. The summed E-state index contributed by atoms with van der Waals surface area (Å²) >= 11 is 0. The average molecular weight is 350 g/mol. The molecule has 0 aromatic carbocycles. The highest BCUT2D eigenvalue weighted by molar-refractivity contribution is 7.92. The maximum Gasteiger partial charge on any atom is 0.142 e. The zero-order chi connectivity index (χ0) is 17.2. The van der Waals surface area contributed by atoms with E-state index in [0.29, 0.717) is 18.5 Å². The Labute approximate surface area is 144 Å². The number of fused-ring (bicyclic) bond motifs is 1. The number of aromatic amines is 1. The van der Waals surface area contributed by atoms with Crippen molar-refractivity contribution in [2.45, 2.75) is 38.6 Å². The summed E-state index contributed by atoms with van der Waals surface area (Å²) in [7, 11) is 0.114. The third-order valence-electron chi connectivity index (χ3n) is 4.98.